The summed E-state index contributed by atoms with van der Waals surface area (Å²) in [5, 5.41) is 3.14. The zero-order chi connectivity index (χ0) is 24.0. The molecule has 1 N–H and O–H groups in total. The zero-order valence-electron chi connectivity index (χ0n) is 20.3. The number of hydrogen-bond acceptors (Lipinski definition) is 3. The topological polar surface area (TPSA) is 35.6 Å². The van der Waals surface area contributed by atoms with Crippen LogP contribution in [0.15, 0.2) is 72.8 Å². The summed E-state index contributed by atoms with van der Waals surface area (Å²) in [6.07, 6.45) is 2.85. The number of carbonyl (C=O) groups is 1. The van der Waals surface area contributed by atoms with Gasteiger partial charge in [-0.05, 0) is 72.3 Å². The van der Waals surface area contributed by atoms with Crippen LogP contribution in [0.2, 0.25) is 0 Å². The summed E-state index contributed by atoms with van der Waals surface area (Å²) in [5.74, 6) is 0.0233. The number of likely N-dealkylation sites (tertiary alicyclic amines) is 1. The van der Waals surface area contributed by atoms with E-state index in [4.69, 9.17) is 0 Å². The van der Waals surface area contributed by atoms with Gasteiger partial charge in [0.25, 0.3) is 0 Å². The number of piperidine rings is 1. The Morgan fingerprint density at radius 1 is 0.771 bits per heavy atom. The van der Waals surface area contributed by atoms with Crippen LogP contribution in [0.5, 0.6) is 0 Å². The summed E-state index contributed by atoms with van der Waals surface area (Å²) < 4.78 is 13.1. The molecule has 2 heterocycles. The van der Waals surface area contributed by atoms with Crippen molar-refractivity contribution in [3.05, 3.63) is 106 Å². The van der Waals surface area contributed by atoms with E-state index in [0.717, 1.165) is 69.7 Å². The number of hydrogen-bond donors (Lipinski definition) is 1. The van der Waals surface area contributed by atoms with E-state index in [-0.39, 0.29) is 17.6 Å². The second kappa shape index (κ2) is 11.1. The Kier molecular flexibility index (Phi) is 7.55. The summed E-state index contributed by atoms with van der Waals surface area (Å²) in [6, 6.07) is 24.1. The Labute approximate surface area is 207 Å². The number of rotatable bonds is 7. The molecule has 35 heavy (non-hydrogen) atoms. The van der Waals surface area contributed by atoms with Crippen LogP contribution >= 0.6 is 0 Å². The van der Waals surface area contributed by atoms with Crippen molar-refractivity contribution >= 4 is 5.91 Å². The Morgan fingerprint density at radius 3 is 2.09 bits per heavy atom. The summed E-state index contributed by atoms with van der Waals surface area (Å²) in [5.41, 5.74) is 6.49. The average molecular weight is 472 g/mol. The highest BCUT2D eigenvalue weighted by Gasteiger charge is 2.24. The molecule has 0 spiro atoms. The minimum Gasteiger partial charge on any atom is -0.352 e. The minimum atomic E-state index is -0.202. The molecule has 1 saturated heterocycles. The fourth-order valence-electron chi connectivity index (χ4n) is 5.24. The van der Waals surface area contributed by atoms with Crippen LogP contribution in [0.25, 0.3) is 0 Å². The van der Waals surface area contributed by atoms with Crippen molar-refractivity contribution in [2.24, 2.45) is 5.92 Å². The summed E-state index contributed by atoms with van der Waals surface area (Å²) in [7, 11) is 0. The van der Waals surface area contributed by atoms with Crippen LogP contribution in [-0.4, -0.2) is 35.3 Å². The van der Waals surface area contributed by atoms with Gasteiger partial charge in [-0.2, -0.15) is 0 Å². The van der Waals surface area contributed by atoms with E-state index in [1.54, 1.807) is 0 Å². The van der Waals surface area contributed by atoms with Crippen LogP contribution in [0.3, 0.4) is 0 Å². The van der Waals surface area contributed by atoms with Gasteiger partial charge in [0.1, 0.15) is 5.82 Å². The first-order chi connectivity index (χ1) is 17.1. The molecule has 0 aliphatic carbocycles. The molecule has 5 heteroatoms. The molecule has 0 unspecified atom stereocenters. The molecule has 3 aromatic carbocycles. The third kappa shape index (κ3) is 6.36. The minimum absolute atomic E-state index is 0.0701. The molecule has 0 saturated carbocycles. The van der Waals surface area contributed by atoms with Crippen molar-refractivity contribution < 1.29 is 9.18 Å². The molecule has 182 valence electrons. The molecule has 1 amide bonds. The van der Waals surface area contributed by atoms with Crippen molar-refractivity contribution in [1.29, 1.82) is 0 Å². The van der Waals surface area contributed by atoms with Crippen molar-refractivity contribution in [2.45, 2.75) is 45.4 Å². The van der Waals surface area contributed by atoms with Crippen molar-refractivity contribution in [1.82, 2.24) is 15.1 Å². The number of amides is 1. The van der Waals surface area contributed by atoms with Gasteiger partial charge in [-0.1, -0.05) is 60.7 Å². The lowest BCUT2D eigenvalue weighted by molar-refractivity contribution is -0.126. The molecule has 0 bridgehead atoms. The van der Waals surface area contributed by atoms with Gasteiger partial charge in [0.2, 0.25) is 5.91 Å². The lowest BCUT2D eigenvalue weighted by Gasteiger charge is -2.31. The molecule has 0 atom stereocenters. The first-order valence-electron chi connectivity index (χ1n) is 12.7. The van der Waals surface area contributed by atoms with Crippen LogP contribution in [-0.2, 0) is 37.4 Å². The van der Waals surface area contributed by atoms with E-state index in [9.17, 15) is 9.18 Å². The maximum atomic E-state index is 13.1. The summed E-state index contributed by atoms with van der Waals surface area (Å²) >= 11 is 0. The Bertz CT molecular complexity index is 1120. The number of benzene rings is 3. The number of carbonyl (C=O) groups excluding carboxylic acids is 1. The van der Waals surface area contributed by atoms with E-state index in [1.807, 2.05) is 12.1 Å². The van der Waals surface area contributed by atoms with Crippen molar-refractivity contribution in [3.8, 4) is 0 Å². The maximum Gasteiger partial charge on any atom is 0.223 e. The SMILES string of the molecule is O=C(NCc1ccc(CN2CCc3ccccc3C2)cc1)C1CCN(Cc2ccc(F)cc2)CC1. The van der Waals surface area contributed by atoms with Crippen molar-refractivity contribution in [3.63, 3.8) is 0 Å². The van der Waals surface area contributed by atoms with Crippen LogP contribution in [0, 0.1) is 11.7 Å². The van der Waals surface area contributed by atoms with Crippen molar-refractivity contribution in [2.75, 3.05) is 19.6 Å². The molecular weight excluding hydrogens is 437 g/mol. The van der Waals surface area contributed by atoms with Gasteiger partial charge in [0.15, 0.2) is 0 Å². The summed E-state index contributed by atoms with van der Waals surface area (Å²) in [4.78, 5) is 17.6. The number of nitrogens with one attached hydrogen (secondary N) is 1. The Morgan fingerprint density at radius 2 is 1.37 bits per heavy atom. The van der Waals surface area contributed by atoms with Gasteiger partial charge in [-0.25, -0.2) is 4.39 Å². The van der Waals surface area contributed by atoms with Gasteiger partial charge < -0.3 is 5.32 Å². The maximum absolute atomic E-state index is 13.1. The monoisotopic (exact) mass is 471 g/mol. The number of fused-ring (bicyclic) bond motifs is 1. The molecule has 2 aliphatic heterocycles. The van der Waals surface area contributed by atoms with E-state index in [1.165, 1.54) is 28.8 Å². The highest BCUT2D eigenvalue weighted by molar-refractivity contribution is 5.78. The number of halogens is 1. The molecule has 0 aromatic heterocycles. The molecule has 4 nitrogen and oxygen atoms in total. The molecule has 5 rings (SSSR count). The zero-order valence-corrected chi connectivity index (χ0v) is 20.3. The predicted octanol–water partition coefficient (Wildman–Crippen LogP) is 4.91. The summed E-state index contributed by atoms with van der Waals surface area (Å²) in [6.45, 7) is 6.24. The van der Waals surface area contributed by atoms with Gasteiger partial charge in [-0.3, -0.25) is 14.6 Å². The van der Waals surface area contributed by atoms with Crippen LogP contribution in [0.1, 0.15) is 40.7 Å². The molecular formula is C30H34FN3O. The molecule has 1 fully saturated rings. The Balaban J connectivity index is 1.04. The van der Waals surface area contributed by atoms with Gasteiger partial charge in [-0.15, -0.1) is 0 Å². The molecule has 2 aliphatic rings. The first kappa shape index (κ1) is 23.7. The Hall–Kier alpha value is -3.02. The van der Waals surface area contributed by atoms with Gasteiger partial charge in [0, 0.05) is 38.6 Å². The smallest absolute Gasteiger partial charge is 0.223 e. The van der Waals surface area contributed by atoms with Crippen LogP contribution < -0.4 is 5.32 Å². The van der Waals surface area contributed by atoms with Crippen LogP contribution in [0.4, 0.5) is 4.39 Å². The fraction of sp³-hybridized carbons (Fsp3) is 0.367. The van der Waals surface area contributed by atoms with E-state index in [2.05, 4.69) is 63.6 Å². The molecule has 0 radical (unpaired) electrons. The highest BCUT2D eigenvalue weighted by atomic mass is 19.1. The third-order valence-electron chi connectivity index (χ3n) is 7.38. The lowest BCUT2D eigenvalue weighted by Crippen LogP contribution is -2.40. The highest BCUT2D eigenvalue weighted by Crippen LogP contribution is 2.21. The van der Waals surface area contributed by atoms with Gasteiger partial charge >= 0.3 is 0 Å². The van der Waals surface area contributed by atoms with Gasteiger partial charge in [0.05, 0.1) is 0 Å². The normalized spacial score (nSPS) is 17.2. The predicted molar refractivity (Wildman–Crippen MR) is 137 cm³/mol. The second-order valence-corrected chi connectivity index (χ2v) is 9.94. The number of nitrogens with zero attached hydrogens (tertiary/aromatic N) is 2. The van der Waals surface area contributed by atoms with E-state index in [0.29, 0.717) is 6.54 Å². The first-order valence-corrected chi connectivity index (χ1v) is 12.7. The third-order valence-corrected chi connectivity index (χ3v) is 7.38. The quantitative estimate of drug-likeness (QED) is 0.532. The molecule has 3 aromatic rings. The fourth-order valence-corrected chi connectivity index (χ4v) is 5.24. The largest absolute Gasteiger partial charge is 0.352 e. The second-order valence-electron chi connectivity index (χ2n) is 9.94. The standard InChI is InChI=1S/C30H34FN3O/c31-29-11-9-25(10-12-29)20-33-16-14-27(15-17-33)30(35)32-19-23-5-7-24(8-6-23)21-34-18-13-26-3-1-2-4-28(26)22-34/h1-12,27H,13-22H2,(H,32,35). The van der Waals surface area contributed by atoms with E-state index >= 15 is 0 Å². The average Bonchev–Trinajstić information content (AvgIpc) is 2.90. The van der Waals surface area contributed by atoms with E-state index < -0.39 is 0 Å². The lowest BCUT2D eigenvalue weighted by atomic mass is 9.95.